The van der Waals surface area contributed by atoms with E-state index in [4.69, 9.17) is 27.6 Å². The zero-order valence-corrected chi connectivity index (χ0v) is 10.4. The van der Waals surface area contributed by atoms with E-state index in [9.17, 15) is 0 Å². The fraction of sp³-hybridized carbons (Fsp3) is 0. The van der Waals surface area contributed by atoms with Crippen LogP contribution in [0.1, 0.15) is 0 Å². The molecule has 0 amide bonds. The predicted octanol–water partition coefficient (Wildman–Crippen LogP) is -6.87. The van der Waals surface area contributed by atoms with E-state index in [0.29, 0.717) is 0 Å². The molecule has 0 unspecified atom stereocenters. The van der Waals surface area contributed by atoms with E-state index >= 15 is 0 Å². The Balaban J connectivity index is -0.00000000840. The van der Waals surface area contributed by atoms with E-state index in [1.165, 1.54) is 5.34 Å². The number of hydrogen-bond donors (Lipinski definition) is 3. The molecule has 0 saturated carbocycles. The Morgan fingerprint density at radius 2 is 1.08 bits per heavy atom. The average molecular weight is 443 g/mol. The molecular formula is H7Cl2N3O6PtS. The summed E-state index contributed by atoms with van der Waals surface area (Å²) in [6, 6.07) is 0. The molecule has 0 rings (SSSR count). The Hall–Kier alpha value is 0.458. The Morgan fingerprint density at radius 3 is 1.08 bits per heavy atom. The third-order valence-corrected chi connectivity index (χ3v) is 0. The second-order valence-corrected chi connectivity index (χ2v) is 1.31. The molecule has 0 aliphatic heterocycles. The van der Waals surface area contributed by atoms with E-state index in [1.807, 2.05) is 0 Å². The molecule has 0 bridgehead atoms. The van der Waals surface area contributed by atoms with Gasteiger partial charge in [0.15, 0.2) is 5.34 Å². The van der Waals surface area contributed by atoms with Gasteiger partial charge in [-0.3, -0.25) is 8.42 Å². The molecule has 0 saturated heterocycles. The molecule has 0 fully saturated rings. The van der Waals surface area contributed by atoms with Crippen LogP contribution in [-0.2, 0) is 31.5 Å². The predicted molar refractivity (Wildman–Crippen MR) is 28.1 cm³/mol. The van der Waals surface area contributed by atoms with Crippen molar-refractivity contribution in [2.24, 2.45) is 5.34 Å². The SMILES string of the molecule is N.N.O=NO.O=S(=O)([O-])[O-].[Cl-].[Cl-].[Pt+4]. The van der Waals surface area contributed by atoms with Crippen LogP contribution in [-0.4, -0.2) is 22.7 Å². The van der Waals surface area contributed by atoms with E-state index in [0.717, 1.165) is 0 Å². The topological polar surface area (TPSA) is 200 Å². The molecule has 0 atom stereocenters. The molecule has 0 aromatic rings. The zero-order valence-electron chi connectivity index (χ0n) is 5.83. The van der Waals surface area contributed by atoms with Gasteiger partial charge in [0.25, 0.3) is 0 Å². The van der Waals surface area contributed by atoms with Crippen LogP contribution >= 0.6 is 0 Å². The van der Waals surface area contributed by atoms with Gasteiger partial charge in [-0.15, -0.1) is 4.91 Å². The van der Waals surface area contributed by atoms with Gasteiger partial charge in [-0.25, -0.2) is 0 Å². The fourth-order valence-corrected chi connectivity index (χ4v) is 0. The summed E-state index contributed by atoms with van der Waals surface area (Å²) in [5.74, 6) is 0. The van der Waals surface area contributed by atoms with Crippen LogP contribution in [0.2, 0.25) is 0 Å². The van der Waals surface area contributed by atoms with Crippen molar-refractivity contribution in [3.05, 3.63) is 4.91 Å². The minimum atomic E-state index is -5.17. The summed E-state index contributed by atoms with van der Waals surface area (Å²) in [7, 11) is -5.17. The summed E-state index contributed by atoms with van der Waals surface area (Å²) in [6.45, 7) is 0. The van der Waals surface area contributed by atoms with Crippen LogP contribution in [0.3, 0.4) is 0 Å². The van der Waals surface area contributed by atoms with Crippen LogP contribution in [0.5, 0.6) is 0 Å². The van der Waals surface area contributed by atoms with Crippen LogP contribution < -0.4 is 37.1 Å². The Kier molecular flexibility index (Phi) is 113. The number of rotatable bonds is 0. The third-order valence-electron chi connectivity index (χ3n) is 0. The Bertz CT molecular complexity index is 140. The van der Waals surface area contributed by atoms with Gasteiger partial charge in [0, 0.05) is 10.4 Å². The molecule has 0 radical (unpaired) electrons. The smallest absolute Gasteiger partial charge is 1.00 e. The monoisotopic (exact) mass is 442 g/mol. The van der Waals surface area contributed by atoms with Gasteiger partial charge in [-0.05, 0) is 0 Å². The third kappa shape index (κ3) is 6490. The molecule has 7 N–H and O–H groups in total. The maximum Gasteiger partial charge on any atom is 4.00 e. The van der Waals surface area contributed by atoms with Crippen LogP contribution in [0.15, 0.2) is 5.34 Å². The quantitative estimate of drug-likeness (QED) is 0.142. The first-order valence-electron chi connectivity index (χ1n) is 1.05. The number of hydrogen-bond acceptors (Lipinski definition) is 8. The van der Waals surface area contributed by atoms with Gasteiger partial charge < -0.3 is 51.4 Å². The molecule has 0 aromatic heterocycles. The normalized spacial score (nSPS) is 5.38. The molecule has 0 spiro atoms. The summed E-state index contributed by atoms with van der Waals surface area (Å²) < 4.78 is 34.1. The van der Waals surface area contributed by atoms with Crippen LogP contribution in [0.4, 0.5) is 0 Å². The van der Waals surface area contributed by atoms with Crippen molar-refractivity contribution in [1.82, 2.24) is 12.3 Å². The molecule has 0 aliphatic carbocycles. The maximum atomic E-state index is 8.52. The summed E-state index contributed by atoms with van der Waals surface area (Å²) in [4.78, 5) is 8.11. The van der Waals surface area contributed by atoms with E-state index in [2.05, 4.69) is 0 Å². The molecule has 0 aromatic carbocycles. The molecule has 88 valence electrons. The minimum absolute atomic E-state index is 0. The number of halogens is 2. The van der Waals surface area contributed by atoms with Crippen molar-refractivity contribution in [2.75, 3.05) is 0 Å². The average Bonchev–Trinajstić information content (AvgIpc) is 1.27. The first kappa shape index (κ1) is 50.1. The van der Waals surface area contributed by atoms with E-state index in [-0.39, 0.29) is 58.2 Å². The summed E-state index contributed by atoms with van der Waals surface area (Å²) in [6.07, 6.45) is 0. The molecular weight excluding hydrogens is 436 g/mol. The Morgan fingerprint density at radius 1 is 1.08 bits per heavy atom. The van der Waals surface area contributed by atoms with Gasteiger partial charge in [0.1, 0.15) is 0 Å². The van der Waals surface area contributed by atoms with Crippen molar-refractivity contribution in [3.63, 3.8) is 0 Å². The molecule has 0 aliphatic rings. The minimum Gasteiger partial charge on any atom is -1.00 e. The molecule has 13 heteroatoms. The summed E-state index contributed by atoms with van der Waals surface area (Å²) in [5, 5.41) is 7.89. The summed E-state index contributed by atoms with van der Waals surface area (Å²) >= 11 is 0. The zero-order chi connectivity index (χ0) is 7.21. The fourth-order valence-electron chi connectivity index (χ4n) is 0. The largest absolute Gasteiger partial charge is 4.00 e. The summed E-state index contributed by atoms with van der Waals surface area (Å²) in [5.41, 5.74) is 0. The van der Waals surface area contributed by atoms with E-state index in [1.54, 1.807) is 0 Å². The van der Waals surface area contributed by atoms with Gasteiger partial charge in [0.05, 0.1) is 0 Å². The van der Waals surface area contributed by atoms with E-state index < -0.39 is 10.4 Å². The van der Waals surface area contributed by atoms with Gasteiger partial charge in [0.2, 0.25) is 0 Å². The molecule has 0 heterocycles. The molecule has 13 heavy (non-hydrogen) atoms. The maximum absolute atomic E-state index is 8.52. The van der Waals surface area contributed by atoms with Crippen molar-refractivity contribution in [3.8, 4) is 0 Å². The van der Waals surface area contributed by atoms with Crippen molar-refractivity contribution in [2.45, 2.75) is 0 Å². The van der Waals surface area contributed by atoms with Crippen molar-refractivity contribution in [1.29, 1.82) is 0 Å². The first-order chi connectivity index (χ1) is 3.41. The standard InChI is InChI=1S/2ClH.HNO2.2H3N.H2O4S.Pt/c;;2-1-3;;;1-5(2,3)4;/h2*1H;(H,2,3);2*1H3;(H2,1,2,3,4);/q;;;;;;+4/p-4. The Labute approximate surface area is 101 Å². The first-order valence-corrected chi connectivity index (χ1v) is 2.38. The number of nitrogens with zero attached hydrogens (tertiary/aromatic N) is 1. The van der Waals surface area contributed by atoms with Crippen molar-refractivity contribution < 1.29 is 68.6 Å². The van der Waals surface area contributed by atoms with Crippen LogP contribution in [0.25, 0.3) is 0 Å². The molecule has 9 nitrogen and oxygen atoms in total. The van der Waals surface area contributed by atoms with Crippen LogP contribution in [0, 0.1) is 4.91 Å². The second kappa shape index (κ2) is 29.4. The second-order valence-electron chi connectivity index (χ2n) is 0.490. The van der Waals surface area contributed by atoms with Gasteiger partial charge in [-0.1, -0.05) is 0 Å². The van der Waals surface area contributed by atoms with Gasteiger partial charge in [-0.2, -0.15) is 0 Å². The van der Waals surface area contributed by atoms with Gasteiger partial charge >= 0.3 is 21.1 Å². The van der Waals surface area contributed by atoms with Crippen molar-refractivity contribution >= 4 is 10.4 Å².